The van der Waals surface area contributed by atoms with E-state index < -0.39 is 0 Å². The first kappa shape index (κ1) is 15.8. The van der Waals surface area contributed by atoms with Crippen molar-refractivity contribution in [2.75, 3.05) is 0 Å². The Kier molecular flexibility index (Phi) is 4.91. The molecule has 2 aromatic carbocycles. The number of carbonyl (C=O) groups is 1. The Morgan fingerprint density at radius 2 is 2.08 bits per heavy atom. The van der Waals surface area contributed by atoms with Gasteiger partial charge in [-0.15, -0.1) is 0 Å². The van der Waals surface area contributed by atoms with E-state index in [1.54, 1.807) is 24.7 Å². The molecule has 0 saturated heterocycles. The minimum Gasteiger partial charge on any atom is -0.489 e. The topological polar surface area (TPSA) is 67.0 Å². The molecule has 3 aromatic rings. The van der Waals surface area contributed by atoms with Gasteiger partial charge in [-0.05, 0) is 30.7 Å². The van der Waals surface area contributed by atoms with Crippen LogP contribution in [0, 0.1) is 6.92 Å². The second kappa shape index (κ2) is 7.46. The summed E-state index contributed by atoms with van der Waals surface area (Å²) in [7, 11) is 0. The van der Waals surface area contributed by atoms with Crippen LogP contribution in [0.15, 0.2) is 61.1 Å². The maximum absolute atomic E-state index is 12.2. The molecule has 5 nitrogen and oxygen atoms in total. The molecule has 3 rings (SSSR count). The number of benzene rings is 2. The third kappa shape index (κ3) is 4.23. The molecule has 0 aliphatic carbocycles. The van der Waals surface area contributed by atoms with E-state index in [0.29, 0.717) is 24.5 Å². The summed E-state index contributed by atoms with van der Waals surface area (Å²) in [6.07, 6.45) is 3.27. The van der Waals surface area contributed by atoms with Crippen molar-refractivity contribution in [2.24, 2.45) is 0 Å². The van der Waals surface area contributed by atoms with Crippen molar-refractivity contribution < 1.29 is 9.53 Å². The molecule has 5 heteroatoms. The first-order valence-corrected chi connectivity index (χ1v) is 7.74. The molecule has 0 fully saturated rings. The summed E-state index contributed by atoms with van der Waals surface area (Å²) >= 11 is 0. The third-order valence-corrected chi connectivity index (χ3v) is 3.58. The van der Waals surface area contributed by atoms with E-state index in [0.717, 1.165) is 11.3 Å². The highest BCUT2D eigenvalue weighted by molar-refractivity contribution is 5.94. The molecule has 1 aromatic heterocycles. The van der Waals surface area contributed by atoms with Crippen LogP contribution in [0.2, 0.25) is 0 Å². The number of nitrogens with zero attached hydrogens (tertiary/aromatic N) is 1. The largest absolute Gasteiger partial charge is 0.489 e. The van der Waals surface area contributed by atoms with Gasteiger partial charge in [0.2, 0.25) is 0 Å². The summed E-state index contributed by atoms with van der Waals surface area (Å²) < 4.78 is 5.79. The van der Waals surface area contributed by atoms with E-state index in [2.05, 4.69) is 21.4 Å². The van der Waals surface area contributed by atoms with Gasteiger partial charge in [-0.3, -0.25) is 4.79 Å². The lowest BCUT2D eigenvalue weighted by molar-refractivity contribution is 0.0950. The summed E-state index contributed by atoms with van der Waals surface area (Å²) in [5.74, 6) is 0.524. The smallest absolute Gasteiger partial charge is 0.251 e. The molecule has 1 heterocycles. The molecule has 0 saturated carbocycles. The van der Waals surface area contributed by atoms with Gasteiger partial charge in [0.15, 0.2) is 0 Å². The molecular weight excluding hydrogens is 302 g/mol. The number of aromatic nitrogens is 2. The minimum absolute atomic E-state index is 0.148. The van der Waals surface area contributed by atoms with Gasteiger partial charge in [0.05, 0.1) is 18.6 Å². The first-order valence-electron chi connectivity index (χ1n) is 7.74. The van der Waals surface area contributed by atoms with E-state index in [9.17, 15) is 4.79 Å². The van der Waals surface area contributed by atoms with Crippen molar-refractivity contribution in [3.05, 3.63) is 83.4 Å². The lowest BCUT2D eigenvalue weighted by Crippen LogP contribution is -2.22. The molecule has 1 amide bonds. The third-order valence-electron chi connectivity index (χ3n) is 3.58. The van der Waals surface area contributed by atoms with Gasteiger partial charge < -0.3 is 15.0 Å². The first-order chi connectivity index (χ1) is 11.7. The second-order valence-corrected chi connectivity index (χ2v) is 5.57. The van der Waals surface area contributed by atoms with Crippen LogP contribution in [0.4, 0.5) is 0 Å². The summed E-state index contributed by atoms with van der Waals surface area (Å²) in [4.78, 5) is 19.1. The molecule has 0 unspecified atom stereocenters. The zero-order valence-electron chi connectivity index (χ0n) is 13.5. The van der Waals surface area contributed by atoms with Crippen LogP contribution < -0.4 is 10.1 Å². The number of aryl methyl sites for hydroxylation is 1. The normalized spacial score (nSPS) is 10.4. The lowest BCUT2D eigenvalue weighted by Gasteiger charge is -2.09. The molecule has 0 bridgehead atoms. The van der Waals surface area contributed by atoms with Crippen molar-refractivity contribution in [1.82, 2.24) is 15.3 Å². The quantitative estimate of drug-likeness (QED) is 0.732. The second-order valence-electron chi connectivity index (χ2n) is 5.57. The van der Waals surface area contributed by atoms with E-state index in [4.69, 9.17) is 4.74 Å². The van der Waals surface area contributed by atoms with Gasteiger partial charge >= 0.3 is 0 Å². The van der Waals surface area contributed by atoms with Crippen molar-refractivity contribution in [1.29, 1.82) is 0 Å². The molecule has 0 aliphatic heterocycles. The van der Waals surface area contributed by atoms with Crippen molar-refractivity contribution in [2.45, 2.75) is 20.1 Å². The average molecular weight is 321 g/mol. The number of rotatable bonds is 6. The van der Waals surface area contributed by atoms with Crippen LogP contribution >= 0.6 is 0 Å². The highest BCUT2D eigenvalue weighted by Crippen LogP contribution is 2.16. The van der Waals surface area contributed by atoms with Gasteiger partial charge in [-0.25, -0.2) is 4.98 Å². The van der Waals surface area contributed by atoms with Crippen LogP contribution in [-0.2, 0) is 13.2 Å². The summed E-state index contributed by atoms with van der Waals surface area (Å²) in [5, 5.41) is 2.84. The highest BCUT2D eigenvalue weighted by atomic mass is 16.5. The molecule has 0 radical (unpaired) electrons. The zero-order chi connectivity index (χ0) is 16.8. The Bertz CT molecular complexity index is 813. The standard InChI is InChI=1S/C19H19N3O2/c1-14-4-2-5-15(8-14)12-24-18-7-3-6-16(9-18)19(23)21-11-17-10-20-13-22-17/h2-10,13H,11-12H2,1H3,(H,20,22)(H,21,23). The maximum atomic E-state index is 12.2. The molecule has 0 aliphatic rings. The number of hydrogen-bond donors (Lipinski definition) is 2. The number of hydrogen-bond acceptors (Lipinski definition) is 3. The Balaban J connectivity index is 1.60. The Morgan fingerprint density at radius 1 is 1.21 bits per heavy atom. The fourth-order valence-corrected chi connectivity index (χ4v) is 2.35. The lowest BCUT2D eigenvalue weighted by atomic mass is 10.1. The van der Waals surface area contributed by atoms with Crippen molar-refractivity contribution in [3.63, 3.8) is 0 Å². The number of ether oxygens (including phenoxy) is 1. The van der Waals surface area contributed by atoms with Crippen LogP contribution in [0.5, 0.6) is 5.75 Å². The zero-order valence-corrected chi connectivity index (χ0v) is 13.5. The molecule has 0 spiro atoms. The molecule has 24 heavy (non-hydrogen) atoms. The fraction of sp³-hybridized carbons (Fsp3) is 0.158. The van der Waals surface area contributed by atoms with E-state index in [1.165, 1.54) is 5.56 Å². The fourth-order valence-electron chi connectivity index (χ4n) is 2.35. The van der Waals surface area contributed by atoms with Crippen LogP contribution in [0.25, 0.3) is 0 Å². The van der Waals surface area contributed by atoms with Crippen LogP contribution in [-0.4, -0.2) is 15.9 Å². The van der Waals surface area contributed by atoms with Crippen molar-refractivity contribution >= 4 is 5.91 Å². The van der Waals surface area contributed by atoms with Gasteiger partial charge in [0.25, 0.3) is 5.91 Å². The summed E-state index contributed by atoms with van der Waals surface area (Å²) in [6.45, 7) is 2.93. The Labute approximate surface area is 140 Å². The predicted octanol–water partition coefficient (Wildman–Crippen LogP) is 3.23. The number of amides is 1. The van der Waals surface area contributed by atoms with E-state index >= 15 is 0 Å². The number of imidazole rings is 1. The highest BCUT2D eigenvalue weighted by Gasteiger charge is 2.07. The van der Waals surface area contributed by atoms with Crippen LogP contribution in [0.3, 0.4) is 0 Å². The van der Waals surface area contributed by atoms with Crippen molar-refractivity contribution in [3.8, 4) is 5.75 Å². The minimum atomic E-state index is -0.148. The Hall–Kier alpha value is -3.08. The van der Waals surface area contributed by atoms with Gasteiger partial charge in [-0.1, -0.05) is 35.9 Å². The molecule has 2 N–H and O–H groups in total. The van der Waals surface area contributed by atoms with Crippen LogP contribution in [0.1, 0.15) is 27.2 Å². The molecular formula is C19H19N3O2. The SMILES string of the molecule is Cc1cccc(COc2cccc(C(=O)NCc3cnc[nH]3)c2)c1. The monoisotopic (exact) mass is 321 g/mol. The Morgan fingerprint density at radius 3 is 2.88 bits per heavy atom. The predicted molar refractivity (Wildman–Crippen MR) is 91.7 cm³/mol. The summed E-state index contributed by atoms with van der Waals surface area (Å²) in [5.41, 5.74) is 3.72. The van der Waals surface area contributed by atoms with E-state index in [-0.39, 0.29) is 5.91 Å². The molecule has 0 atom stereocenters. The number of H-pyrrole nitrogens is 1. The maximum Gasteiger partial charge on any atom is 0.251 e. The van der Waals surface area contributed by atoms with Gasteiger partial charge in [0.1, 0.15) is 12.4 Å². The summed E-state index contributed by atoms with van der Waals surface area (Å²) in [6, 6.07) is 15.3. The van der Waals surface area contributed by atoms with E-state index in [1.807, 2.05) is 37.3 Å². The van der Waals surface area contributed by atoms with Gasteiger partial charge in [-0.2, -0.15) is 0 Å². The van der Waals surface area contributed by atoms with Gasteiger partial charge in [0, 0.05) is 11.8 Å². The average Bonchev–Trinajstić information content (AvgIpc) is 3.12. The number of carbonyl (C=O) groups excluding carboxylic acids is 1. The number of nitrogens with one attached hydrogen (secondary N) is 2. The number of aromatic amines is 1. The molecule has 122 valence electrons.